The van der Waals surface area contributed by atoms with E-state index in [-0.39, 0.29) is 6.10 Å². The number of nitrogens with one attached hydrogen (secondary N) is 2. The Morgan fingerprint density at radius 3 is 2.62 bits per heavy atom. The van der Waals surface area contributed by atoms with Crippen LogP contribution in [0.2, 0.25) is 5.02 Å². The van der Waals surface area contributed by atoms with Crippen molar-refractivity contribution in [3.05, 3.63) is 29.3 Å². The Kier molecular flexibility index (Phi) is 8.62. The van der Waals surface area contributed by atoms with Crippen molar-refractivity contribution in [1.29, 1.82) is 0 Å². The molecule has 1 rings (SSSR count). The molecule has 0 aromatic heterocycles. The molecule has 0 saturated heterocycles. The van der Waals surface area contributed by atoms with E-state index in [2.05, 4.69) is 15.6 Å². The topological polar surface area (TPSA) is 54.9 Å². The number of rotatable bonds is 8. The van der Waals surface area contributed by atoms with E-state index in [1.807, 2.05) is 31.2 Å². The van der Waals surface area contributed by atoms with Gasteiger partial charge in [-0.1, -0.05) is 11.6 Å². The summed E-state index contributed by atoms with van der Waals surface area (Å²) in [6.45, 7) is 4.21. The third-order valence-electron chi connectivity index (χ3n) is 2.75. The predicted molar refractivity (Wildman–Crippen MR) is 87.4 cm³/mol. The zero-order valence-corrected chi connectivity index (χ0v) is 13.6. The second-order valence-corrected chi connectivity index (χ2v) is 5.05. The molecular weight excluding hydrogens is 290 g/mol. The van der Waals surface area contributed by atoms with Crippen molar-refractivity contribution in [2.75, 3.05) is 33.9 Å². The Balaban J connectivity index is 2.27. The molecule has 0 aliphatic rings. The molecule has 21 heavy (non-hydrogen) atoms. The van der Waals surface area contributed by atoms with Crippen molar-refractivity contribution in [3.63, 3.8) is 0 Å². The van der Waals surface area contributed by atoms with Gasteiger partial charge in [-0.3, -0.25) is 4.99 Å². The summed E-state index contributed by atoms with van der Waals surface area (Å²) in [5.41, 5.74) is 0. The quantitative estimate of drug-likeness (QED) is 0.439. The zero-order valence-electron chi connectivity index (χ0n) is 12.9. The fourth-order valence-corrected chi connectivity index (χ4v) is 1.80. The molecule has 1 aromatic rings. The number of ether oxygens (including phenoxy) is 2. The third-order valence-corrected chi connectivity index (χ3v) is 3.00. The van der Waals surface area contributed by atoms with Gasteiger partial charge in [-0.25, -0.2) is 0 Å². The van der Waals surface area contributed by atoms with E-state index in [1.54, 1.807) is 14.2 Å². The monoisotopic (exact) mass is 313 g/mol. The van der Waals surface area contributed by atoms with Gasteiger partial charge < -0.3 is 20.1 Å². The molecule has 2 N–H and O–H groups in total. The summed E-state index contributed by atoms with van der Waals surface area (Å²) in [5, 5.41) is 7.14. The molecule has 0 radical (unpaired) electrons. The first-order valence-electron chi connectivity index (χ1n) is 7.01. The number of nitrogens with zero attached hydrogens (tertiary/aromatic N) is 1. The normalized spacial score (nSPS) is 12.9. The molecule has 0 aliphatic heterocycles. The second kappa shape index (κ2) is 10.3. The molecule has 0 spiro atoms. The lowest BCUT2D eigenvalue weighted by atomic mass is 10.3. The Morgan fingerprint density at radius 2 is 2.00 bits per heavy atom. The van der Waals surface area contributed by atoms with Crippen LogP contribution in [0.5, 0.6) is 5.75 Å². The van der Waals surface area contributed by atoms with Crippen molar-refractivity contribution >= 4 is 17.6 Å². The molecule has 1 unspecified atom stereocenters. The number of methoxy groups -OCH3 is 1. The van der Waals surface area contributed by atoms with Crippen LogP contribution in [-0.2, 0) is 4.74 Å². The first-order chi connectivity index (χ1) is 10.2. The van der Waals surface area contributed by atoms with E-state index < -0.39 is 0 Å². The van der Waals surface area contributed by atoms with Gasteiger partial charge in [0.25, 0.3) is 0 Å². The van der Waals surface area contributed by atoms with Gasteiger partial charge >= 0.3 is 0 Å². The van der Waals surface area contributed by atoms with Crippen molar-refractivity contribution in [2.24, 2.45) is 4.99 Å². The maximum Gasteiger partial charge on any atom is 0.191 e. The minimum atomic E-state index is 0.0173. The average molecular weight is 314 g/mol. The molecular formula is C15H24ClN3O2. The van der Waals surface area contributed by atoms with E-state index >= 15 is 0 Å². The fraction of sp³-hybridized carbons (Fsp3) is 0.533. The number of aliphatic imine (C=N–C) groups is 1. The van der Waals surface area contributed by atoms with E-state index in [1.165, 1.54) is 0 Å². The van der Waals surface area contributed by atoms with Crippen LogP contribution < -0.4 is 15.4 Å². The lowest BCUT2D eigenvalue weighted by Gasteiger charge is -2.17. The molecule has 1 atom stereocenters. The Morgan fingerprint density at radius 1 is 1.29 bits per heavy atom. The van der Waals surface area contributed by atoms with E-state index in [9.17, 15) is 0 Å². The fourth-order valence-electron chi connectivity index (χ4n) is 1.67. The molecule has 5 nitrogen and oxygen atoms in total. The van der Waals surface area contributed by atoms with Gasteiger partial charge in [0.1, 0.15) is 11.9 Å². The van der Waals surface area contributed by atoms with Gasteiger partial charge in [0.15, 0.2) is 5.96 Å². The maximum absolute atomic E-state index is 5.84. The third kappa shape index (κ3) is 7.78. The number of benzene rings is 1. The first kappa shape index (κ1) is 17.6. The second-order valence-electron chi connectivity index (χ2n) is 4.61. The zero-order chi connectivity index (χ0) is 15.5. The van der Waals surface area contributed by atoms with E-state index in [4.69, 9.17) is 21.1 Å². The maximum atomic E-state index is 5.84. The summed E-state index contributed by atoms with van der Waals surface area (Å²) in [5.74, 6) is 1.56. The van der Waals surface area contributed by atoms with Gasteiger partial charge in [0, 0.05) is 32.3 Å². The Hall–Kier alpha value is -1.46. The molecule has 118 valence electrons. The molecule has 0 bridgehead atoms. The minimum Gasteiger partial charge on any atom is -0.489 e. The summed E-state index contributed by atoms with van der Waals surface area (Å²) in [7, 11) is 3.44. The highest BCUT2D eigenvalue weighted by molar-refractivity contribution is 6.30. The molecule has 0 amide bonds. The van der Waals surface area contributed by atoms with Crippen molar-refractivity contribution < 1.29 is 9.47 Å². The van der Waals surface area contributed by atoms with Gasteiger partial charge in [0.05, 0.1) is 6.54 Å². The largest absolute Gasteiger partial charge is 0.489 e. The highest BCUT2D eigenvalue weighted by Crippen LogP contribution is 2.16. The van der Waals surface area contributed by atoms with Crippen LogP contribution in [0.4, 0.5) is 0 Å². The van der Waals surface area contributed by atoms with Crippen molar-refractivity contribution in [2.45, 2.75) is 19.4 Å². The highest BCUT2D eigenvalue weighted by Gasteiger charge is 2.05. The first-order valence-corrected chi connectivity index (χ1v) is 7.39. The van der Waals surface area contributed by atoms with E-state index in [0.29, 0.717) is 11.6 Å². The summed E-state index contributed by atoms with van der Waals surface area (Å²) < 4.78 is 10.8. The smallest absolute Gasteiger partial charge is 0.191 e. The molecule has 6 heteroatoms. The number of hydrogen-bond acceptors (Lipinski definition) is 3. The molecule has 0 heterocycles. The average Bonchev–Trinajstić information content (AvgIpc) is 2.49. The lowest BCUT2D eigenvalue weighted by molar-refractivity contribution is 0.195. The summed E-state index contributed by atoms with van der Waals surface area (Å²) in [6.07, 6.45) is 0.956. The molecule has 0 saturated carbocycles. The van der Waals surface area contributed by atoms with Crippen molar-refractivity contribution in [1.82, 2.24) is 10.6 Å². The summed E-state index contributed by atoms with van der Waals surface area (Å²) in [4.78, 5) is 4.16. The van der Waals surface area contributed by atoms with Gasteiger partial charge in [-0.2, -0.15) is 0 Å². The number of guanidine groups is 1. The van der Waals surface area contributed by atoms with Crippen LogP contribution in [0.1, 0.15) is 13.3 Å². The number of hydrogen-bond donors (Lipinski definition) is 2. The Bertz CT molecular complexity index is 423. The highest BCUT2D eigenvalue weighted by atomic mass is 35.5. The summed E-state index contributed by atoms with van der Waals surface area (Å²) >= 11 is 5.84. The minimum absolute atomic E-state index is 0.0173. The lowest BCUT2D eigenvalue weighted by Crippen LogP contribution is -2.42. The van der Waals surface area contributed by atoms with Gasteiger partial charge in [0.2, 0.25) is 0 Å². The predicted octanol–water partition coefficient (Wildman–Crippen LogP) is 2.31. The van der Waals surface area contributed by atoms with Crippen LogP contribution in [-0.4, -0.2) is 45.9 Å². The van der Waals surface area contributed by atoms with Crippen LogP contribution in [0.3, 0.4) is 0 Å². The van der Waals surface area contributed by atoms with Gasteiger partial charge in [-0.15, -0.1) is 0 Å². The standard InChI is InChI=1S/C15H24ClN3O2/c1-12(21-14-7-5-13(16)6-8-14)11-19-15(17-2)18-9-4-10-20-3/h5-8,12H,4,9-11H2,1-3H3,(H2,17,18,19). The molecule has 1 aromatic carbocycles. The Labute approximate surface area is 131 Å². The summed E-state index contributed by atoms with van der Waals surface area (Å²) in [6, 6.07) is 7.34. The van der Waals surface area contributed by atoms with E-state index in [0.717, 1.165) is 31.3 Å². The number of halogens is 1. The SMILES string of the molecule is CN=C(NCCCOC)NCC(C)Oc1ccc(Cl)cc1. The molecule has 0 aliphatic carbocycles. The van der Waals surface area contributed by atoms with Crippen LogP contribution in [0.15, 0.2) is 29.3 Å². The molecule has 0 fully saturated rings. The van der Waals surface area contributed by atoms with Gasteiger partial charge in [-0.05, 0) is 37.6 Å². The van der Waals surface area contributed by atoms with Crippen molar-refractivity contribution in [3.8, 4) is 5.75 Å². The van der Waals surface area contributed by atoms with Crippen LogP contribution in [0.25, 0.3) is 0 Å². The van der Waals surface area contributed by atoms with Crippen LogP contribution >= 0.6 is 11.6 Å². The van der Waals surface area contributed by atoms with Crippen LogP contribution in [0, 0.1) is 0 Å².